The lowest BCUT2D eigenvalue weighted by Gasteiger charge is -2.22. The third-order valence-electron chi connectivity index (χ3n) is 3.73. The molecule has 7 nitrogen and oxygen atoms in total. The van der Waals surface area contributed by atoms with E-state index in [-0.39, 0.29) is 28.7 Å². The number of benzene rings is 1. The molecule has 0 amide bonds. The largest absolute Gasteiger partial charge is 0.459 e. The number of nitrogens with zero attached hydrogens (tertiary/aromatic N) is 3. The van der Waals surface area contributed by atoms with Crippen LogP contribution >= 0.6 is 0 Å². The maximum Gasteiger partial charge on any atom is 0.342 e. The fourth-order valence-electron chi connectivity index (χ4n) is 2.68. The van der Waals surface area contributed by atoms with Crippen LogP contribution in [0.2, 0.25) is 0 Å². The topological polar surface area (TPSA) is 107 Å². The summed E-state index contributed by atoms with van der Waals surface area (Å²) in [5.41, 5.74) is 5.78. The van der Waals surface area contributed by atoms with Crippen molar-refractivity contribution in [2.75, 3.05) is 5.73 Å². The molecular weight excluding hydrogens is 289 g/mol. The zero-order valence-corrected chi connectivity index (χ0v) is 11.9. The van der Waals surface area contributed by atoms with Crippen LogP contribution < -0.4 is 5.73 Å². The highest BCUT2D eigenvalue weighted by Crippen LogP contribution is 2.28. The van der Waals surface area contributed by atoms with Gasteiger partial charge in [0.2, 0.25) is 5.82 Å². The molecule has 0 bridgehead atoms. The number of hydrogen-bond acceptors (Lipinski definition) is 6. The molecule has 0 radical (unpaired) electrons. The fourth-order valence-corrected chi connectivity index (χ4v) is 2.68. The van der Waals surface area contributed by atoms with Gasteiger partial charge in [-0.05, 0) is 43.0 Å². The van der Waals surface area contributed by atoms with E-state index in [9.17, 15) is 9.18 Å². The SMILES string of the molecule is Nc1cc(F)c(C(=O)OC2CCCCC2)c(-c2nn[nH]n2)c1. The van der Waals surface area contributed by atoms with Crippen molar-refractivity contribution in [3.63, 3.8) is 0 Å². The molecule has 8 heteroatoms. The first-order chi connectivity index (χ1) is 10.6. The van der Waals surface area contributed by atoms with Gasteiger partial charge < -0.3 is 10.5 Å². The lowest BCUT2D eigenvalue weighted by atomic mass is 9.97. The second-order valence-corrected chi connectivity index (χ2v) is 5.33. The highest BCUT2D eigenvalue weighted by molar-refractivity contribution is 5.97. The molecular formula is C14H16FN5O2. The smallest absolute Gasteiger partial charge is 0.342 e. The third-order valence-corrected chi connectivity index (χ3v) is 3.73. The summed E-state index contributed by atoms with van der Waals surface area (Å²) in [6, 6.07) is 2.52. The zero-order chi connectivity index (χ0) is 15.5. The lowest BCUT2D eigenvalue weighted by molar-refractivity contribution is 0.0207. The minimum atomic E-state index is -0.749. The summed E-state index contributed by atoms with van der Waals surface area (Å²) >= 11 is 0. The van der Waals surface area contributed by atoms with E-state index in [1.54, 1.807) is 0 Å². The van der Waals surface area contributed by atoms with Crippen molar-refractivity contribution in [1.82, 2.24) is 20.6 Å². The van der Waals surface area contributed by atoms with Crippen molar-refractivity contribution in [2.45, 2.75) is 38.2 Å². The Balaban J connectivity index is 1.93. The van der Waals surface area contributed by atoms with Crippen molar-refractivity contribution in [2.24, 2.45) is 0 Å². The molecule has 1 saturated carbocycles. The van der Waals surface area contributed by atoms with E-state index >= 15 is 0 Å². The number of nitrogens with one attached hydrogen (secondary N) is 1. The Kier molecular flexibility index (Phi) is 3.99. The number of hydrogen-bond donors (Lipinski definition) is 2. The van der Waals surface area contributed by atoms with Crippen LogP contribution in [0, 0.1) is 5.82 Å². The van der Waals surface area contributed by atoms with E-state index in [1.165, 1.54) is 6.07 Å². The summed E-state index contributed by atoms with van der Waals surface area (Å²) in [5.74, 6) is -1.37. The molecule has 0 atom stereocenters. The minimum Gasteiger partial charge on any atom is -0.459 e. The fraction of sp³-hybridized carbons (Fsp3) is 0.429. The van der Waals surface area contributed by atoms with Crippen LogP contribution in [-0.2, 0) is 4.74 Å². The number of tetrazole rings is 1. The summed E-state index contributed by atoms with van der Waals surface area (Å²) in [6.07, 6.45) is 4.61. The molecule has 3 rings (SSSR count). The molecule has 0 spiro atoms. The van der Waals surface area contributed by atoms with Gasteiger partial charge in [-0.2, -0.15) is 5.21 Å². The van der Waals surface area contributed by atoms with Gasteiger partial charge in [0.1, 0.15) is 17.5 Å². The van der Waals surface area contributed by atoms with Crippen molar-refractivity contribution in [1.29, 1.82) is 0 Å². The van der Waals surface area contributed by atoms with E-state index in [0.29, 0.717) is 0 Å². The molecule has 2 aromatic rings. The van der Waals surface area contributed by atoms with E-state index in [4.69, 9.17) is 10.5 Å². The minimum absolute atomic E-state index is 0.0989. The number of aromatic amines is 1. The van der Waals surface area contributed by atoms with E-state index < -0.39 is 11.8 Å². The van der Waals surface area contributed by atoms with E-state index in [2.05, 4.69) is 20.6 Å². The molecule has 1 aromatic carbocycles. The Bertz CT molecular complexity index is 668. The van der Waals surface area contributed by atoms with Crippen LogP contribution in [0.5, 0.6) is 0 Å². The van der Waals surface area contributed by atoms with Gasteiger partial charge >= 0.3 is 5.97 Å². The number of carbonyl (C=O) groups is 1. The quantitative estimate of drug-likeness (QED) is 0.664. The van der Waals surface area contributed by atoms with Gasteiger partial charge in [0.15, 0.2) is 0 Å². The summed E-state index contributed by atoms with van der Waals surface area (Å²) in [7, 11) is 0. The molecule has 1 fully saturated rings. The zero-order valence-electron chi connectivity index (χ0n) is 11.9. The van der Waals surface area contributed by atoms with Crippen LogP contribution in [0.3, 0.4) is 0 Å². The third kappa shape index (κ3) is 2.90. The van der Waals surface area contributed by atoms with E-state index in [0.717, 1.165) is 38.2 Å². The molecule has 22 heavy (non-hydrogen) atoms. The standard InChI is InChI=1S/C14H16FN5O2/c15-11-7-8(16)6-10(13-17-19-20-18-13)12(11)14(21)22-9-4-2-1-3-5-9/h6-7,9H,1-5,16H2,(H,17,18,19,20). The van der Waals surface area contributed by atoms with Gasteiger partial charge in [0.25, 0.3) is 0 Å². The first kappa shape index (κ1) is 14.4. The molecule has 3 N–H and O–H groups in total. The van der Waals surface area contributed by atoms with Crippen molar-refractivity contribution in [3.8, 4) is 11.4 Å². The molecule has 1 aliphatic carbocycles. The number of carbonyl (C=O) groups excluding carboxylic acids is 1. The number of anilines is 1. The average Bonchev–Trinajstić information content (AvgIpc) is 3.01. The van der Waals surface area contributed by atoms with Gasteiger partial charge in [0.05, 0.1) is 0 Å². The molecule has 1 aliphatic rings. The van der Waals surface area contributed by atoms with Crippen LogP contribution in [0.15, 0.2) is 12.1 Å². The maximum atomic E-state index is 14.2. The van der Waals surface area contributed by atoms with Gasteiger partial charge in [-0.1, -0.05) is 6.42 Å². The van der Waals surface area contributed by atoms with Crippen molar-refractivity contribution in [3.05, 3.63) is 23.5 Å². The number of rotatable bonds is 3. The first-order valence-electron chi connectivity index (χ1n) is 7.19. The highest BCUT2D eigenvalue weighted by atomic mass is 19.1. The summed E-state index contributed by atoms with van der Waals surface area (Å²) in [6.45, 7) is 0. The number of nitrogen functional groups attached to an aromatic ring is 1. The predicted molar refractivity (Wildman–Crippen MR) is 76.3 cm³/mol. The van der Waals surface area contributed by atoms with Crippen LogP contribution in [0.4, 0.5) is 10.1 Å². The Hall–Kier alpha value is -2.51. The van der Waals surface area contributed by atoms with Crippen LogP contribution in [0.1, 0.15) is 42.5 Å². The second-order valence-electron chi connectivity index (χ2n) is 5.33. The van der Waals surface area contributed by atoms with Crippen LogP contribution in [0.25, 0.3) is 11.4 Å². The number of ether oxygens (including phenoxy) is 1. The van der Waals surface area contributed by atoms with Crippen molar-refractivity contribution >= 4 is 11.7 Å². The number of aromatic nitrogens is 4. The molecule has 0 saturated heterocycles. The molecule has 0 aliphatic heterocycles. The van der Waals surface area contributed by atoms with E-state index in [1.807, 2.05) is 0 Å². The van der Waals surface area contributed by atoms with Gasteiger partial charge in [-0.15, -0.1) is 10.2 Å². The van der Waals surface area contributed by atoms with Gasteiger partial charge in [-0.3, -0.25) is 0 Å². The Morgan fingerprint density at radius 3 is 2.77 bits per heavy atom. The summed E-state index contributed by atoms with van der Waals surface area (Å²) < 4.78 is 19.7. The molecule has 1 heterocycles. The lowest BCUT2D eigenvalue weighted by Crippen LogP contribution is -2.22. The maximum absolute atomic E-state index is 14.2. The Labute approximate surface area is 126 Å². The Morgan fingerprint density at radius 1 is 1.32 bits per heavy atom. The molecule has 0 unspecified atom stereocenters. The van der Waals surface area contributed by atoms with Crippen molar-refractivity contribution < 1.29 is 13.9 Å². The normalized spacial score (nSPS) is 15.7. The first-order valence-corrected chi connectivity index (χ1v) is 7.19. The summed E-state index contributed by atoms with van der Waals surface area (Å²) in [4.78, 5) is 12.4. The molecule has 1 aromatic heterocycles. The van der Waals surface area contributed by atoms with Gasteiger partial charge in [-0.25, -0.2) is 9.18 Å². The average molecular weight is 305 g/mol. The predicted octanol–water partition coefficient (Wildman–Crippen LogP) is 2.08. The number of halogens is 1. The summed E-state index contributed by atoms with van der Waals surface area (Å²) in [5, 5.41) is 13.3. The highest BCUT2D eigenvalue weighted by Gasteiger charge is 2.26. The van der Waals surface area contributed by atoms with Gasteiger partial charge in [0, 0.05) is 11.3 Å². The van der Waals surface area contributed by atoms with Crippen LogP contribution in [-0.4, -0.2) is 32.7 Å². The monoisotopic (exact) mass is 305 g/mol. The number of nitrogens with two attached hydrogens (primary N) is 1. The molecule has 116 valence electrons. The second kappa shape index (κ2) is 6.08. The number of H-pyrrole nitrogens is 1. The number of esters is 1. The Morgan fingerprint density at radius 2 is 2.09 bits per heavy atom.